The van der Waals surface area contributed by atoms with Gasteiger partial charge in [-0.1, -0.05) is 29.8 Å². The number of nitrogens with zero attached hydrogens (tertiary/aromatic N) is 1. The molecule has 0 aliphatic carbocycles. The summed E-state index contributed by atoms with van der Waals surface area (Å²) in [6, 6.07) is 7.14. The summed E-state index contributed by atoms with van der Waals surface area (Å²) in [7, 11) is 0. The molecule has 0 fully saturated rings. The predicted octanol–water partition coefficient (Wildman–Crippen LogP) is 2.66. The first kappa shape index (κ1) is 15.5. The lowest BCUT2D eigenvalue weighted by Crippen LogP contribution is -2.24. The molecule has 7 heteroatoms. The molecule has 1 heterocycles. The molecule has 0 saturated carbocycles. The van der Waals surface area contributed by atoms with Gasteiger partial charge in [-0.2, -0.15) is 0 Å². The Balaban J connectivity index is 1.94. The second-order valence-corrected chi connectivity index (χ2v) is 5.86. The fourth-order valence-corrected chi connectivity index (χ4v) is 2.82. The molecule has 2 aromatic rings. The number of rotatable bonds is 5. The highest BCUT2D eigenvalue weighted by Gasteiger charge is 2.14. The van der Waals surface area contributed by atoms with Crippen LogP contribution in [-0.4, -0.2) is 22.0 Å². The van der Waals surface area contributed by atoms with Crippen molar-refractivity contribution in [3.8, 4) is 0 Å². The van der Waals surface area contributed by atoms with Crippen molar-refractivity contribution in [3.63, 3.8) is 0 Å². The van der Waals surface area contributed by atoms with Crippen LogP contribution in [0.3, 0.4) is 0 Å². The van der Waals surface area contributed by atoms with E-state index < -0.39 is 5.97 Å². The molecule has 0 aliphatic rings. The lowest BCUT2D eigenvalue weighted by molar-refractivity contribution is -0.120. The third kappa shape index (κ3) is 4.03. The summed E-state index contributed by atoms with van der Waals surface area (Å²) in [6.45, 7) is 1.84. The average Bonchev–Trinajstić information content (AvgIpc) is 2.80. The number of benzene rings is 1. The Hall–Kier alpha value is -1.92. The number of hydrogen-bond acceptors (Lipinski definition) is 4. The molecule has 1 aromatic heterocycles. The number of carbonyl (C=O) groups excluding carboxylic acids is 1. The lowest BCUT2D eigenvalue weighted by atomic mass is 10.1. The minimum absolute atomic E-state index is 0.176. The van der Waals surface area contributed by atoms with Crippen molar-refractivity contribution in [3.05, 3.63) is 50.4 Å². The second-order valence-electron chi connectivity index (χ2n) is 4.37. The van der Waals surface area contributed by atoms with Gasteiger partial charge >= 0.3 is 5.97 Å². The Labute approximate surface area is 130 Å². The molecular weight excluding hydrogens is 312 g/mol. The molecule has 0 unspecified atom stereocenters. The minimum atomic E-state index is -1.00. The van der Waals surface area contributed by atoms with Gasteiger partial charge in [0.15, 0.2) is 0 Å². The van der Waals surface area contributed by atoms with Gasteiger partial charge in [0.05, 0.1) is 18.7 Å². The predicted molar refractivity (Wildman–Crippen MR) is 80.8 cm³/mol. The zero-order chi connectivity index (χ0) is 15.4. The number of thiazole rings is 1. The standard InChI is InChI=1S/C14H13ClN2O3S/c1-8-13(14(19)20)21-12(17-8)7-16-11(18)6-9-4-2-3-5-10(9)15/h2-5H,6-7H2,1H3,(H,16,18)(H,19,20). The fraction of sp³-hybridized carbons (Fsp3) is 0.214. The molecule has 21 heavy (non-hydrogen) atoms. The molecule has 110 valence electrons. The van der Waals surface area contributed by atoms with Crippen LogP contribution in [0.25, 0.3) is 0 Å². The third-order valence-electron chi connectivity index (χ3n) is 2.78. The van der Waals surface area contributed by atoms with Crippen molar-refractivity contribution in [1.29, 1.82) is 0 Å². The Bertz CT molecular complexity index is 685. The number of carboxylic acids is 1. The van der Waals surface area contributed by atoms with Gasteiger partial charge < -0.3 is 10.4 Å². The lowest BCUT2D eigenvalue weighted by Gasteiger charge is -2.04. The van der Waals surface area contributed by atoms with Crippen LogP contribution in [0.1, 0.15) is 25.9 Å². The van der Waals surface area contributed by atoms with Gasteiger partial charge in [0, 0.05) is 5.02 Å². The van der Waals surface area contributed by atoms with E-state index in [0.717, 1.165) is 16.9 Å². The summed E-state index contributed by atoms with van der Waals surface area (Å²) in [5.74, 6) is -1.19. The van der Waals surface area contributed by atoms with Crippen LogP contribution < -0.4 is 5.32 Å². The maximum absolute atomic E-state index is 11.9. The molecule has 5 nitrogen and oxygen atoms in total. The number of aromatic nitrogens is 1. The van der Waals surface area contributed by atoms with Crippen LogP contribution >= 0.6 is 22.9 Å². The van der Waals surface area contributed by atoms with Gasteiger partial charge in [-0.25, -0.2) is 9.78 Å². The van der Waals surface area contributed by atoms with Crippen LogP contribution in [-0.2, 0) is 17.8 Å². The summed E-state index contributed by atoms with van der Waals surface area (Å²) in [6.07, 6.45) is 0.176. The number of hydrogen-bond donors (Lipinski definition) is 2. The van der Waals surface area contributed by atoms with E-state index in [1.165, 1.54) is 0 Å². The maximum atomic E-state index is 11.9. The molecule has 2 rings (SSSR count). The highest BCUT2D eigenvalue weighted by Crippen LogP contribution is 2.18. The highest BCUT2D eigenvalue weighted by atomic mass is 35.5. The van der Waals surface area contributed by atoms with Crippen LogP contribution in [0.2, 0.25) is 5.02 Å². The van der Waals surface area contributed by atoms with Crippen LogP contribution in [0.5, 0.6) is 0 Å². The number of nitrogens with one attached hydrogen (secondary N) is 1. The molecular formula is C14H13ClN2O3S. The first-order chi connectivity index (χ1) is 9.97. The first-order valence-corrected chi connectivity index (χ1v) is 7.36. The van der Waals surface area contributed by atoms with Crippen molar-refractivity contribution in [1.82, 2.24) is 10.3 Å². The second kappa shape index (κ2) is 6.69. The normalized spacial score (nSPS) is 10.4. The molecule has 0 atom stereocenters. The van der Waals surface area contributed by atoms with E-state index in [4.69, 9.17) is 16.7 Å². The van der Waals surface area contributed by atoms with E-state index in [1.54, 1.807) is 25.1 Å². The zero-order valence-electron chi connectivity index (χ0n) is 11.2. The SMILES string of the molecule is Cc1nc(CNC(=O)Cc2ccccc2Cl)sc1C(=O)O. The molecule has 0 bridgehead atoms. The monoisotopic (exact) mass is 324 g/mol. The largest absolute Gasteiger partial charge is 0.477 e. The van der Waals surface area contributed by atoms with Crippen molar-refractivity contribution in [2.45, 2.75) is 19.9 Å². The van der Waals surface area contributed by atoms with Crippen LogP contribution in [0.15, 0.2) is 24.3 Å². The van der Waals surface area contributed by atoms with Crippen molar-refractivity contribution >= 4 is 34.8 Å². The Kier molecular flexibility index (Phi) is 4.93. The van der Waals surface area contributed by atoms with Gasteiger partial charge in [0.1, 0.15) is 9.88 Å². The summed E-state index contributed by atoms with van der Waals surface area (Å²) in [5.41, 5.74) is 1.21. The van der Waals surface area contributed by atoms with Crippen LogP contribution in [0.4, 0.5) is 0 Å². The minimum Gasteiger partial charge on any atom is -0.477 e. The van der Waals surface area contributed by atoms with Crippen molar-refractivity contribution in [2.24, 2.45) is 0 Å². The summed E-state index contributed by atoms with van der Waals surface area (Å²) in [4.78, 5) is 27.1. The number of aromatic carboxylic acids is 1. The first-order valence-electron chi connectivity index (χ1n) is 6.17. The van der Waals surface area contributed by atoms with E-state index >= 15 is 0 Å². The number of carboxylic acid groups (broad SMARTS) is 1. The number of aryl methyl sites for hydroxylation is 1. The topological polar surface area (TPSA) is 79.3 Å². The Morgan fingerprint density at radius 3 is 2.71 bits per heavy atom. The van der Waals surface area contributed by atoms with Gasteiger partial charge in [-0.3, -0.25) is 4.79 Å². The highest BCUT2D eigenvalue weighted by molar-refractivity contribution is 7.13. The Morgan fingerprint density at radius 2 is 2.10 bits per heavy atom. The average molecular weight is 325 g/mol. The number of carbonyl (C=O) groups is 2. The summed E-state index contributed by atoms with van der Waals surface area (Å²) in [5, 5.41) is 12.8. The van der Waals surface area contributed by atoms with Crippen molar-refractivity contribution in [2.75, 3.05) is 0 Å². The molecule has 0 saturated heterocycles. The summed E-state index contributed by atoms with van der Waals surface area (Å²) >= 11 is 7.06. The smallest absolute Gasteiger partial charge is 0.347 e. The molecule has 0 radical (unpaired) electrons. The maximum Gasteiger partial charge on any atom is 0.347 e. The fourth-order valence-electron chi connectivity index (χ4n) is 1.78. The summed E-state index contributed by atoms with van der Waals surface area (Å²) < 4.78 is 0. The molecule has 2 N–H and O–H groups in total. The Morgan fingerprint density at radius 1 is 1.38 bits per heavy atom. The van der Waals surface area contributed by atoms with E-state index in [9.17, 15) is 9.59 Å². The third-order valence-corrected chi connectivity index (χ3v) is 4.29. The molecule has 1 amide bonds. The van der Waals surface area contributed by atoms with Gasteiger partial charge in [0.2, 0.25) is 5.91 Å². The van der Waals surface area contributed by atoms with E-state index in [0.29, 0.717) is 15.7 Å². The number of halogens is 1. The van der Waals surface area contributed by atoms with Gasteiger partial charge in [-0.15, -0.1) is 11.3 Å². The van der Waals surface area contributed by atoms with E-state index in [-0.39, 0.29) is 23.7 Å². The van der Waals surface area contributed by atoms with Crippen LogP contribution in [0, 0.1) is 6.92 Å². The number of amides is 1. The molecule has 0 aliphatic heterocycles. The quantitative estimate of drug-likeness (QED) is 0.886. The van der Waals surface area contributed by atoms with E-state index in [2.05, 4.69) is 10.3 Å². The van der Waals surface area contributed by atoms with Gasteiger partial charge in [-0.05, 0) is 18.6 Å². The van der Waals surface area contributed by atoms with Crippen molar-refractivity contribution < 1.29 is 14.7 Å². The molecule has 1 aromatic carbocycles. The van der Waals surface area contributed by atoms with Gasteiger partial charge in [0.25, 0.3) is 0 Å². The molecule has 0 spiro atoms. The van der Waals surface area contributed by atoms with E-state index in [1.807, 2.05) is 6.07 Å². The zero-order valence-corrected chi connectivity index (χ0v) is 12.8.